The summed E-state index contributed by atoms with van der Waals surface area (Å²) in [7, 11) is -4.34. The molecule has 1 aromatic heterocycles. The Bertz CT molecular complexity index is 686. The molecule has 196 valence electrons. The third kappa shape index (κ3) is 17.2. The smallest absolute Gasteiger partial charge is 0.268 e. The number of phosphoric ester groups is 1. The number of carbonyl (C=O) groups excluding carboxylic acids is 1. The average molecular weight is 501 g/mol. The van der Waals surface area contributed by atoms with Gasteiger partial charge in [0.15, 0.2) is 18.9 Å². The summed E-state index contributed by atoms with van der Waals surface area (Å²) in [5.74, 6) is -0.515. The van der Waals surface area contributed by atoms with Crippen LogP contribution in [0.2, 0.25) is 0 Å². The van der Waals surface area contributed by atoms with Crippen LogP contribution < -0.4 is 15.2 Å². The fraction of sp³-hybridized carbons (Fsp3) is 0.760. The van der Waals surface area contributed by atoms with E-state index in [0.29, 0.717) is 31.7 Å². The van der Waals surface area contributed by atoms with Crippen molar-refractivity contribution in [3.63, 3.8) is 0 Å². The van der Waals surface area contributed by atoms with Gasteiger partial charge in [0.05, 0.1) is 12.2 Å². The maximum atomic E-state index is 11.8. The van der Waals surface area contributed by atoms with Crippen LogP contribution in [0, 0.1) is 0 Å². The van der Waals surface area contributed by atoms with Gasteiger partial charge in [-0.25, -0.2) is 4.57 Å². The summed E-state index contributed by atoms with van der Waals surface area (Å²) < 4.78 is 28.8. The number of phosphoric acid groups is 1. The summed E-state index contributed by atoms with van der Waals surface area (Å²) in [6, 6.07) is 3.12. The van der Waals surface area contributed by atoms with E-state index in [-0.39, 0.29) is 13.2 Å². The monoisotopic (exact) mass is 500 g/mol. The van der Waals surface area contributed by atoms with E-state index >= 15 is 0 Å². The molecule has 1 aromatic rings. The second-order valence-electron chi connectivity index (χ2n) is 8.66. The number of nitrogens with zero attached hydrogens (tertiary/aromatic N) is 1. The van der Waals surface area contributed by atoms with Gasteiger partial charge in [0.2, 0.25) is 5.91 Å². The van der Waals surface area contributed by atoms with Crippen molar-refractivity contribution < 1.29 is 32.6 Å². The molecule has 2 N–H and O–H groups in total. The van der Waals surface area contributed by atoms with E-state index < -0.39 is 13.7 Å². The second-order valence-corrected chi connectivity index (χ2v) is 10.1. The van der Waals surface area contributed by atoms with E-state index in [0.717, 1.165) is 6.42 Å². The molecule has 9 heteroatoms. The topological polar surface area (TPSA) is 115 Å². The second kappa shape index (κ2) is 19.9. The first-order valence-corrected chi connectivity index (χ1v) is 14.4. The Morgan fingerprint density at radius 3 is 1.88 bits per heavy atom. The minimum absolute atomic E-state index is 0.0413. The first kappa shape index (κ1) is 30.7. The van der Waals surface area contributed by atoms with Crippen LogP contribution in [0.3, 0.4) is 0 Å². The van der Waals surface area contributed by atoms with Crippen LogP contribution in [-0.4, -0.2) is 32.3 Å². The number of aromatic nitrogens is 1. The highest BCUT2D eigenvalue weighted by molar-refractivity contribution is 7.45. The highest BCUT2D eigenvalue weighted by atomic mass is 31.2. The molecule has 0 saturated carbocycles. The Kier molecular flexibility index (Phi) is 18.0. The Labute approximate surface area is 205 Å². The molecule has 1 rings (SSSR count). The van der Waals surface area contributed by atoms with Crippen molar-refractivity contribution in [2.75, 3.05) is 26.4 Å². The zero-order valence-electron chi connectivity index (χ0n) is 21.0. The van der Waals surface area contributed by atoms with Crippen molar-refractivity contribution in [1.29, 1.82) is 0 Å². The number of ether oxygens (including phenoxy) is 1. The van der Waals surface area contributed by atoms with E-state index in [4.69, 9.17) is 19.5 Å². The zero-order valence-corrected chi connectivity index (χ0v) is 21.9. The number of nitrogens with two attached hydrogens (primary N) is 1. The molecule has 0 spiro atoms. The minimum atomic E-state index is -4.34. The first-order chi connectivity index (χ1) is 16.4. The van der Waals surface area contributed by atoms with Crippen molar-refractivity contribution >= 4 is 13.7 Å². The highest BCUT2D eigenvalue weighted by Crippen LogP contribution is 2.37. The van der Waals surface area contributed by atoms with E-state index in [2.05, 4.69) is 6.92 Å². The summed E-state index contributed by atoms with van der Waals surface area (Å²) in [5, 5.41) is 0. The molecule has 0 radical (unpaired) electrons. The SMILES string of the molecule is CCCCCCCCCCCCCCOCCCOP(=O)([O-])OCC[n+]1ccc(C(N)=O)cc1. The van der Waals surface area contributed by atoms with Crippen molar-refractivity contribution in [1.82, 2.24) is 0 Å². The standard InChI is InChI=1S/C25H45N2O6P/c1-2-3-4-5-6-7-8-9-10-11-12-13-20-31-21-14-22-32-34(29,30)33-23-19-27-17-15-24(16-18-27)25(26)28/h15-18H,2-14,19-23H2,1H3,(H2-,26,28,29,30). The Hall–Kier alpha value is -1.31. The predicted octanol–water partition coefficient (Wildman–Crippen LogP) is 4.68. The summed E-state index contributed by atoms with van der Waals surface area (Å²) in [5.41, 5.74) is 5.57. The third-order valence-electron chi connectivity index (χ3n) is 5.60. The molecule has 0 aromatic carbocycles. The summed E-state index contributed by atoms with van der Waals surface area (Å²) in [6.45, 7) is 3.71. The number of carbonyl (C=O) groups is 1. The van der Waals surface area contributed by atoms with Crippen LogP contribution in [0.1, 0.15) is 101 Å². The summed E-state index contributed by atoms with van der Waals surface area (Å²) in [4.78, 5) is 22.8. The first-order valence-electron chi connectivity index (χ1n) is 12.9. The van der Waals surface area contributed by atoms with E-state index in [1.165, 1.54) is 70.6 Å². The Morgan fingerprint density at radius 2 is 1.32 bits per heavy atom. The maximum absolute atomic E-state index is 11.8. The number of pyridine rings is 1. The zero-order chi connectivity index (χ0) is 24.9. The summed E-state index contributed by atoms with van der Waals surface area (Å²) >= 11 is 0. The highest BCUT2D eigenvalue weighted by Gasteiger charge is 2.11. The maximum Gasteiger partial charge on any atom is 0.268 e. The lowest BCUT2D eigenvalue weighted by Gasteiger charge is -2.21. The molecule has 0 aliphatic heterocycles. The number of hydrogen-bond donors (Lipinski definition) is 1. The molecule has 0 aliphatic rings. The van der Waals surface area contributed by atoms with E-state index in [1.54, 1.807) is 29.1 Å². The van der Waals surface area contributed by atoms with Gasteiger partial charge in [0.1, 0.15) is 6.61 Å². The molecule has 1 atom stereocenters. The lowest BCUT2D eigenvalue weighted by Crippen LogP contribution is -2.35. The van der Waals surface area contributed by atoms with E-state index in [9.17, 15) is 14.3 Å². The molecule has 8 nitrogen and oxygen atoms in total. The van der Waals surface area contributed by atoms with Crippen LogP contribution in [0.5, 0.6) is 0 Å². The average Bonchev–Trinajstić information content (AvgIpc) is 2.81. The number of hydrogen-bond acceptors (Lipinski definition) is 6. The molecule has 0 saturated heterocycles. The lowest BCUT2D eigenvalue weighted by atomic mass is 10.1. The largest absolute Gasteiger partial charge is 0.756 e. The minimum Gasteiger partial charge on any atom is -0.756 e. The molecular weight excluding hydrogens is 455 g/mol. The van der Waals surface area contributed by atoms with Gasteiger partial charge in [0, 0.05) is 25.3 Å². The molecule has 1 amide bonds. The number of unbranched alkanes of at least 4 members (excludes halogenated alkanes) is 11. The van der Waals surface area contributed by atoms with Gasteiger partial charge in [-0.2, -0.15) is 0 Å². The molecule has 0 aliphatic carbocycles. The van der Waals surface area contributed by atoms with Crippen molar-refractivity contribution in [3.05, 3.63) is 30.1 Å². The van der Waals surface area contributed by atoms with Crippen LogP contribution in [0.25, 0.3) is 0 Å². The van der Waals surface area contributed by atoms with Crippen molar-refractivity contribution in [2.24, 2.45) is 5.73 Å². The van der Waals surface area contributed by atoms with Gasteiger partial charge in [-0.15, -0.1) is 0 Å². The van der Waals surface area contributed by atoms with Crippen LogP contribution >= 0.6 is 7.82 Å². The van der Waals surface area contributed by atoms with Gasteiger partial charge in [0.25, 0.3) is 7.82 Å². The number of amides is 1. The van der Waals surface area contributed by atoms with E-state index in [1.807, 2.05) is 0 Å². The third-order valence-corrected chi connectivity index (χ3v) is 6.60. The fourth-order valence-electron chi connectivity index (χ4n) is 3.55. The number of rotatable bonds is 23. The van der Waals surface area contributed by atoms with Gasteiger partial charge < -0.3 is 24.4 Å². The van der Waals surface area contributed by atoms with Crippen molar-refractivity contribution in [3.8, 4) is 0 Å². The molecule has 0 fully saturated rings. The Balaban J connectivity index is 1.89. The van der Waals surface area contributed by atoms with Gasteiger partial charge in [-0.3, -0.25) is 9.36 Å². The Morgan fingerprint density at radius 1 is 0.824 bits per heavy atom. The van der Waals surface area contributed by atoms with Crippen LogP contribution in [0.4, 0.5) is 0 Å². The molecule has 34 heavy (non-hydrogen) atoms. The summed E-state index contributed by atoms with van der Waals surface area (Å²) in [6.07, 6.45) is 19.5. The van der Waals surface area contributed by atoms with Crippen molar-refractivity contribution in [2.45, 2.75) is 96.9 Å². The quantitative estimate of drug-likeness (QED) is 0.133. The van der Waals surface area contributed by atoms with Crippen LogP contribution in [0.15, 0.2) is 24.5 Å². The molecular formula is C25H45N2O6P. The normalized spacial score (nSPS) is 13.1. The van der Waals surface area contributed by atoms with Gasteiger partial charge >= 0.3 is 0 Å². The fourth-order valence-corrected chi connectivity index (χ4v) is 4.28. The molecule has 0 bridgehead atoms. The molecule has 1 unspecified atom stereocenters. The predicted molar refractivity (Wildman–Crippen MR) is 131 cm³/mol. The van der Waals surface area contributed by atoms with Gasteiger partial charge in [-0.1, -0.05) is 77.6 Å². The number of primary amides is 1. The van der Waals surface area contributed by atoms with Crippen LogP contribution in [-0.2, 0) is 24.9 Å². The molecule has 1 heterocycles. The lowest BCUT2D eigenvalue weighted by molar-refractivity contribution is -0.697. The van der Waals surface area contributed by atoms with Gasteiger partial charge in [-0.05, 0) is 12.8 Å².